The van der Waals surface area contributed by atoms with E-state index in [1.54, 1.807) is 6.08 Å². The van der Waals surface area contributed by atoms with Crippen LogP contribution >= 0.6 is 0 Å². The molecule has 1 aliphatic carbocycles. The number of benzene rings is 2. The number of rotatable bonds is 7. The molecule has 1 atom stereocenters. The third-order valence-electron chi connectivity index (χ3n) is 5.01. The van der Waals surface area contributed by atoms with E-state index in [0.717, 1.165) is 36.8 Å². The number of nitrogens with one attached hydrogen (secondary N) is 2. The van der Waals surface area contributed by atoms with Crippen LogP contribution in [0, 0.1) is 6.92 Å². The first-order valence-corrected chi connectivity index (χ1v) is 10.6. The maximum absolute atomic E-state index is 12.0. The zero-order valence-corrected chi connectivity index (χ0v) is 18.2. The van der Waals surface area contributed by atoms with Gasteiger partial charge in [0.15, 0.2) is 0 Å². The van der Waals surface area contributed by atoms with E-state index in [-0.39, 0.29) is 18.1 Å². The van der Waals surface area contributed by atoms with Crippen LogP contribution in [0.4, 0.5) is 0 Å². The Morgan fingerprint density at radius 1 is 1.10 bits per heavy atom. The van der Waals surface area contributed by atoms with Gasteiger partial charge in [-0.05, 0) is 56.7 Å². The van der Waals surface area contributed by atoms with Gasteiger partial charge in [0.05, 0.1) is 0 Å². The first-order chi connectivity index (χ1) is 15.0. The van der Waals surface area contributed by atoms with Crippen LogP contribution in [0.1, 0.15) is 49.3 Å². The molecule has 31 heavy (non-hydrogen) atoms. The summed E-state index contributed by atoms with van der Waals surface area (Å²) in [7, 11) is 0. The Labute approximate surface area is 184 Å². The maximum Gasteiger partial charge on any atom is 0.323 e. The highest BCUT2D eigenvalue weighted by Gasteiger charge is 2.22. The summed E-state index contributed by atoms with van der Waals surface area (Å²) >= 11 is 0. The monoisotopic (exact) mass is 424 g/mol. The fourth-order valence-corrected chi connectivity index (χ4v) is 3.12. The van der Waals surface area contributed by atoms with Crippen molar-refractivity contribution in [3.63, 3.8) is 0 Å². The van der Waals surface area contributed by atoms with Crippen LogP contribution in [0.5, 0.6) is 0 Å². The molecule has 1 fully saturated rings. The number of ether oxygens (including phenoxy) is 1. The van der Waals surface area contributed by atoms with Crippen LogP contribution in [-0.4, -0.2) is 29.2 Å². The van der Waals surface area contributed by atoms with Gasteiger partial charge in [-0.1, -0.05) is 60.2 Å². The lowest BCUT2D eigenvalue weighted by Gasteiger charge is -2.17. The Morgan fingerprint density at radius 3 is 2.29 bits per heavy atom. The van der Waals surface area contributed by atoms with E-state index in [4.69, 9.17) is 9.94 Å². The number of hydroxylamine groups is 1. The lowest BCUT2D eigenvalue weighted by Crippen LogP contribution is -2.36. The molecule has 166 valence electrons. The van der Waals surface area contributed by atoms with Gasteiger partial charge in [0.25, 0.3) is 5.91 Å². The van der Waals surface area contributed by atoms with Gasteiger partial charge in [0.2, 0.25) is 0 Å². The molecule has 6 heteroatoms. The number of hydrogen-bond donors (Lipinski definition) is 3. The van der Waals surface area contributed by atoms with Crippen molar-refractivity contribution in [2.24, 2.45) is 0 Å². The largest absolute Gasteiger partial charge is 0.461 e. The minimum Gasteiger partial charge on any atom is -0.461 e. The van der Waals surface area contributed by atoms with Crippen molar-refractivity contribution in [1.29, 1.82) is 0 Å². The molecular weight excluding hydrogens is 392 g/mol. The third kappa shape index (κ3) is 9.59. The lowest BCUT2D eigenvalue weighted by atomic mass is 10.1. The molecule has 3 rings (SSSR count). The van der Waals surface area contributed by atoms with Crippen LogP contribution < -0.4 is 10.8 Å². The summed E-state index contributed by atoms with van der Waals surface area (Å²) in [6.07, 6.45) is 7.16. The van der Waals surface area contributed by atoms with Crippen LogP contribution in [0.2, 0.25) is 0 Å². The van der Waals surface area contributed by atoms with E-state index in [9.17, 15) is 9.59 Å². The van der Waals surface area contributed by atoms with Gasteiger partial charge in [-0.3, -0.25) is 14.8 Å². The number of carbonyl (C=O) groups is 2. The first-order valence-electron chi connectivity index (χ1n) is 10.6. The predicted octanol–water partition coefficient (Wildman–Crippen LogP) is 4.16. The van der Waals surface area contributed by atoms with Crippen molar-refractivity contribution in [3.05, 3.63) is 77.4 Å². The summed E-state index contributed by atoms with van der Waals surface area (Å²) in [5, 5.41) is 11.6. The second-order valence-corrected chi connectivity index (χ2v) is 7.65. The summed E-state index contributed by atoms with van der Waals surface area (Å²) in [6.45, 7) is 4.45. The highest BCUT2D eigenvalue weighted by molar-refractivity contribution is 5.90. The molecule has 0 aliphatic heterocycles. The van der Waals surface area contributed by atoms with Gasteiger partial charge in [-0.15, -0.1) is 0 Å². The van der Waals surface area contributed by atoms with E-state index in [1.807, 2.05) is 49.4 Å². The smallest absolute Gasteiger partial charge is 0.323 e. The molecule has 1 unspecified atom stereocenters. The molecule has 0 bridgehead atoms. The summed E-state index contributed by atoms with van der Waals surface area (Å²) < 4.78 is 5.48. The van der Waals surface area contributed by atoms with Crippen molar-refractivity contribution in [3.8, 4) is 0 Å². The van der Waals surface area contributed by atoms with Gasteiger partial charge in [-0.2, -0.15) is 0 Å². The fraction of sp³-hybridized carbons (Fsp3) is 0.360. The van der Waals surface area contributed by atoms with Gasteiger partial charge >= 0.3 is 5.97 Å². The molecule has 2 aromatic rings. The number of amides is 1. The quantitative estimate of drug-likeness (QED) is 0.269. The van der Waals surface area contributed by atoms with E-state index < -0.39 is 5.91 Å². The molecular formula is C25H32N2O4. The SMILES string of the molecule is CC(NCc1ccc(/C=C/C(=O)NO)cc1)C(=O)OC1CCCC1.Cc1ccccc1. The minimum absolute atomic E-state index is 0.0870. The Kier molecular flexibility index (Phi) is 10.5. The number of esters is 1. The maximum atomic E-state index is 12.0. The number of hydrogen-bond acceptors (Lipinski definition) is 5. The summed E-state index contributed by atoms with van der Waals surface area (Å²) in [5.41, 5.74) is 4.73. The topological polar surface area (TPSA) is 87.7 Å². The zero-order chi connectivity index (χ0) is 22.5. The van der Waals surface area contributed by atoms with Crippen molar-refractivity contribution in [2.75, 3.05) is 0 Å². The minimum atomic E-state index is -0.574. The van der Waals surface area contributed by atoms with E-state index in [1.165, 1.54) is 17.1 Å². The molecule has 0 radical (unpaired) electrons. The van der Waals surface area contributed by atoms with E-state index >= 15 is 0 Å². The predicted molar refractivity (Wildman–Crippen MR) is 121 cm³/mol. The average molecular weight is 425 g/mol. The Balaban J connectivity index is 0.000000412. The van der Waals surface area contributed by atoms with Gasteiger partial charge in [0, 0.05) is 12.6 Å². The molecule has 1 amide bonds. The lowest BCUT2D eigenvalue weighted by molar-refractivity contribution is -0.150. The Hall–Kier alpha value is -2.96. The van der Waals surface area contributed by atoms with Gasteiger partial charge < -0.3 is 10.1 Å². The summed E-state index contributed by atoms with van der Waals surface area (Å²) in [4.78, 5) is 22.9. The number of aryl methyl sites for hydroxylation is 1. The molecule has 0 saturated heterocycles. The third-order valence-corrected chi connectivity index (χ3v) is 5.01. The van der Waals surface area contributed by atoms with E-state index in [0.29, 0.717) is 6.54 Å². The van der Waals surface area contributed by atoms with Crippen molar-refractivity contribution in [2.45, 2.75) is 58.2 Å². The molecule has 0 heterocycles. The Bertz CT molecular complexity index is 828. The second-order valence-electron chi connectivity index (χ2n) is 7.65. The zero-order valence-electron chi connectivity index (χ0n) is 18.2. The first kappa shape index (κ1) is 24.3. The Morgan fingerprint density at radius 2 is 1.74 bits per heavy atom. The van der Waals surface area contributed by atoms with Crippen LogP contribution in [0.3, 0.4) is 0 Å². The van der Waals surface area contributed by atoms with Crippen molar-refractivity contribution in [1.82, 2.24) is 10.8 Å². The molecule has 3 N–H and O–H groups in total. The molecule has 1 saturated carbocycles. The average Bonchev–Trinajstić information content (AvgIpc) is 3.30. The van der Waals surface area contributed by atoms with Gasteiger partial charge in [0.1, 0.15) is 12.1 Å². The molecule has 2 aromatic carbocycles. The fourth-order valence-electron chi connectivity index (χ4n) is 3.12. The highest BCUT2D eigenvalue weighted by atomic mass is 16.5. The van der Waals surface area contributed by atoms with Crippen LogP contribution in [-0.2, 0) is 20.9 Å². The van der Waals surface area contributed by atoms with Crippen molar-refractivity contribution >= 4 is 18.0 Å². The number of carbonyl (C=O) groups excluding carboxylic acids is 2. The molecule has 0 aromatic heterocycles. The molecule has 0 spiro atoms. The summed E-state index contributed by atoms with van der Waals surface area (Å²) in [5.74, 6) is -0.771. The van der Waals surface area contributed by atoms with Gasteiger partial charge in [-0.25, -0.2) is 5.48 Å². The second kappa shape index (κ2) is 13.4. The molecule has 6 nitrogen and oxygen atoms in total. The summed E-state index contributed by atoms with van der Waals surface area (Å²) in [6, 6.07) is 17.5. The van der Waals surface area contributed by atoms with Crippen LogP contribution in [0.15, 0.2) is 60.7 Å². The highest BCUT2D eigenvalue weighted by Crippen LogP contribution is 2.21. The normalized spacial score (nSPS) is 14.5. The van der Waals surface area contributed by atoms with E-state index in [2.05, 4.69) is 24.4 Å². The van der Waals surface area contributed by atoms with Crippen LogP contribution in [0.25, 0.3) is 6.08 Å². The molecule has 1 aliphatic rings. The van der Waals surface area contributed by atoms with Crippen molar-refractivity contribution < 1.29 is 19.5 Å². The standard InChI is InChI=1S/C18H24N2O4.C7H8/c1-13(18(22)24-16-4-2-3-5-16)19-12-15-8-6-14(7-9-15)10-11-17(21)20-23;1-7-5-3-2-4-6-7/h6-11,13,16,19,23H,2-5,12H2,1H3,(H,20,21);2-6H,1H3/b11-10+;.